The summed E-state index contributed by atoms with van der Waals surface area (Å²) in [6.45, 7) is 2.12. The van der Waals surface area contributed by atoms with Crippen LogP contribution in [0, 0.1) is 17.2 Å². The highest BCUT2D eigenvalue weighted by Gasteiger charge is 2.17. The van der Waals surface area contributed by atoms with Gasteiger partial charge in [0.2, 0.25) is 0 Å². The van der Waals surface area contributed by atoms with Crippen LogP contribution in [-0.4, -0.2) is 29.4 Å². The summed E-state index contributed by atoms with van der Waals surface area (Å²) in [5.41, 5.74) is 4.23. The minimum absolute atomic E-state index is 0.230. The van der Waals surface area contributed by atoms with Crippen molar-refractivity contribution in [3.05, 3.63) is 36.0 Å². The van der Waals surface area contributed by atoms with Gasteiger partial charge in [-0.3, -0.25) is 10.6 Å². The van der Waals surface area contributed by atoms with E-state index in [1.54, 1.807) is 20.0 Å². The second kappa shape index (κ2) is 6.20. The fourth-order valence-electron chi connectivity index (χ4n) is 2.13. The Morgan fingerprint density at radius 3 is 2.90 bits per heavy atom. The third kappa shape index (κ3) is 3.09. The minimum atomic E-state index is -0.237. The van der Waals surface area contributed by atoms with Crippen LogP contribution in [0.5, 0.6) is 0 Å². The minimum Gasteiger partial charge on any atom is -0.339 e. The molecule has 1 heterocycles. The van der Waals surface area contributed by atoms with Crippen LogP contribution in [0.4, 0.5) is 5.69 Å². The van der Waals surface area contributed by atoms with Gasteiger partial charge >= 0.3 is 0 Å². The molecule has 1 aromatic carbocycles. The van der Waals surface area contributed by atoms with Crippen LogP contribution in [0.15, 0.2) is 30.3 Å². The van der Waals surface area contributed by atoms with E-state index in [4.69, 9.17) is 11.1 Å². The SMILES string of the molecule is CC(C#N)CN(C)C(=O)c1cc(NN)c2ccccc2n1. The second-order valence-electron chi connectivity index (χ2n) is 4.93. The Morgan fingerprint density at radius 2 is 2.24 bits per heavy atom. The molecule has 0 aliphatic heterocycles. The number of carbonyl (C=O) groups excluding carboxylic acids is 1. The first-order valence-corrected chi connectivity index (χ1v) is 6.58. The monoisotopic (exact) mass is 283 g/mol. The van der Waals surface area contributed by atoms with Crippen LogP contribution in [0.25, 0.3) is 10.9 Å². The van der Waals surface area contributed by atoms with E-state index in [-0.39, 0.29) is 11.8 Å². The number of nitrogen functional groups attached to an aromatic ring is 1. The Labute approximate surface area is 123 Å². The molecule has 2 rings (SSSR count). The second-order valence-corrected chi connectivity index (χ2v) is 4.93. The number of rotatable bonds is 4. The molecule has 0 saturated heterocycles. The molecule has 6 nitrogen and oxygen atoms in total. The molecule has 0 radical (unpaired) electrons. The van der Waals surface area contributed by atoms with Crippen molar-refractivity contribution in [2.75, 3.05) is 19.0 Å². The van der Waals surface area contributed by atoms with Gasteiger partial charge in [0.1, 0.15) is 5.69 Å². The van der Waals surface area contributed by atoms with E-state index in [1.165, 1.54) is 4.90 Å². The molecule has 0 aliphatic carbocycles. The first-order chi connectivity index (χ1) is 10.1. The summed E-state index contributed by atoms with van der Waals surface area (Å²) in [4.78, 5) is 18.3. The molecule has 1 atom stereocenters. The zero-order valence-electron chi connectivity index (χ0n) is 12.0. The number of amides is 1. The number of nitrogens with zero attached hydrogens (tertiary/aromatic N) is 3. The normalized spacial score (nSPS) is 11.7. The Hall–Kier alpha value is -2.65. The Bertz CT molecular complexity index is 707. The lowest BCUT2D eigenvalue weighted by Gasteiger charge is -2.18. The highest BCUT2D eigenvalue weighted by Crippen LogP contribution is 2.22. The van der Waals surface area contributed by atoms with E-state index in [0.717, 1.165) is 5.39 Å². The number of carbonyl (C=O) groups is 1. The fourth-order valence-corrected chi connectivity index (χ4v) is 2.13. The van der Waals surface area contributed by atoms with E-state index < -0.39 is 0 Å². The molecule has 2 aromatic rings. The molecule has 0 aliphatic rings. The summed E-state index contributed by atoms with van der Waals surface area (Å²) >= 11 is 0. The lowest BCUT2D eigenvalue weighted by molar-refractivity contribution is 0.0780. The third-order valence-corrected chi connectivity index (χ3v) is 3.21. The van der Waals surface area contributed by atoms with Crippen LogP contribution in [-0.2, 0) is 0 Å². The molecule has 0 saturated carbocycles. The highest BCUT2D eigenvalue weighted by molar-refractivity contribution is 5.99. The van der Waals surface area contributed by atoms with E-state index in [1.807, 2.05) is 24.3 Å². The maximum Gasteiger partial charge on any atom is 0.272 e. The van der Waals surface area contributed by atoms with Crippen molar-refractivity contribution in [1.82, 2.24) is 9.88 Å². The summed E-state index contributed by atoms with van der Waals surface area (Å²) in [6, 6.07) is 11.2. The smallest absolute Gasteiger partial charge is 0.272 e. The van der Waals surface area contributed by atoms with Gasteiger partial charge in [-0.2, -0.15) is 5.26 Å². The average Bonchev–Trinajstić information content (AvgIpc) is 2.52. The van der Waals surface area contributed by atoms with Gasteiger partial charge in [0.15, 0.2) is 0 Å². The summed E-state index contributed by atoms with van der Waals surface area (Å²) in [5, 5.41) is 9.68. The Balaban J connectivity index is 2.38. The van der Waals surface area contributed by atoms with Gasteiger partial charge in [-0.15, -0.1) is 0 Å². The standard InChI is InChI=1S/C15H17N5O/c1-10(8-16)9-20(2)15(21)14-7-13(19-17)11-5-3-4-6-12(11)18-14/h3-7,10H,9,17H2,1-2H3,(H,18,19). The van der Waals surface area contributed by atoms with Crippen molar-refractivity contribution >= 4 is 22.5 Å². The van der Waals surface area contributed by atoms with Crippen molar-refractivity contribution in [3.63, 3.8) is 0 Å². The van der Waals surface area contributed by atoms with Gasteiger partial charge in [0.25, 0.3) is 5.91 Å². The quantitative estimate of drug-likeness (QED) is 0.658. The van der Waals surface area contributed by atoms with Crippen LogP contribution in [0.2, 0.25) is 0 Å². The fraction of sp³-hybridized carbons (Fsp3) is 0.267. The van der Waals surface area contributed by atoms with Crippen molar-refractivity contribution in [3.8, 4) is 6.07 Å². The zero-order valence-corrected chi connectivity index (χ0v) is 12.0. The molecule has 0 bridgehead atoms. The summed E-state index contributed by atoms with van der Waals surface area (Å²) in [6.07, 6.45) is 0. The van der Waals surface area contributed by atoms with Crippen LogP contribution < -0.4 is 11.3 Å². The topological polar surface area (TPSA) is 95.0 Å². The number of nitrogens with two attached hydrogens (primary N) is 1. The average molecular weight is 283 g/mol. The molecule has 6 heteroatoms. The summed E-state index contributed by atoms with van der Waals surface area (Å²) < 4.78 is 0. The van der Waals surface area contributed by atoms with Gasteiger partial charge in [-0.05, 0) is 19.1 Å². The molecule has 21 heavy (non-hydrogen) atoms. The number of hydrazine groups is 1. The number of hydrogen-bond donors (Lipinski definition) is 2. The van der Waals surface area contributed by atoms with Crippen LogP contribution in [0.3, 0.4) is 0 Å². The van der Waals surface area contributed by atoms with Crippen molar-refractivity contribution in [2.24, 2.45) is 11.8 Å². The molecule has 1 amide bonds. The first-order valence-electron chi connectivity index (χ1n) is 6.58. The molecule has 3 N–H and O–H groups in total. The van der Waals surface area contributed by atoms with E-state index in [0.29, 0.717) is 23.4 Å². The molecular formula is C15H17N5O. The number of benzene rings is 1. The predicted molar refractivity (Wildman–Crippen MR) is 81.3 cm³/mol. The zero-order chi connectivity index (χ0) is 15.4. The Morgan fingerprint density at radius 1 is 1.52 bits per heavy atom. The number of para-hydroxylation sites is 1. The van der Waals surface area contributed by atoms with Gasteiger partial charge in [-0.25, -0.2) is 4.98 Å². The number of fused-ring (bicyclic) bond motifs is 1. The number of anilines is 1. The largest absolute Gasteiger partial charge is 0.339 e. The molecule has 1 aromatic heterocycles. The molecule has 0 fully saturated rings. The molecule has 0 spiro atoms. The van der Waals surface area contributed by atoms with E-state index >= 15 is 0 Å². The van der Waals surface area contributed by atoms with Crippen LogP contribution in [0.1, 0.15) is 17.4 Å². The van der Waals surface area contributed by atoms with Crippen molar-refractivity contribution in [2.45, 2.75) is 6.92 Å². The maximum absolute atomic E-state index is 12.4. The number of hydrogen-bond acceptors (Lipinski definition) is 5. The first kappa shape index (κ1) is 14.8. The Kier molecular flexibility index (Phi) is 4.36. The van der Waals surface area contributed by atoms with Crippen LogP contribution >= 0.6 is 0 Å². The van der Waals surface area contributed by atoms with E-state index in [9.17, 15) is 4.79 Å². The van der Waals surface area contributed by atoms with Crippen molar-refractivity contribution < 1.29 is 4.79 Å². The number of pyridine rings is 1. The number of aromatic nitrogens is 1. The predicted octanol–water partition coefficient (Wildman–Crippen LogP) is 1.75. The maximum atomic E-state index is 12.4. The number of nitriles is 1. The summed E-state index contributed by atoms with van der Waals surface area (Å²) in [7, 11) is 1.66. The third-order valence-electron chi connectivity index (χ3n) is 3.21. The molecular weight excluding hydrogens is 266 g/mol. The van der Waals surface area contributed by atoms with Gasteiger partial charge < -0.3 is 10.3 Å². The lowest BCUT2D eigenvalue weighted by atomic mass is 10.1. The van der Waals surface area contributed by atoms with E-state index in [2.05, 4.69) is 16.5 Å². The lowest BCUT2D eigenvalue weighted by Crippen LogP contribution is -2.31. The van der Waals surface area contributed by atoms with Gasteiger partial charge in [0, 0.05) is 19.0 Å². The van der Waals surface area contributed by atoms with Gasteiger partial charge in [-0.1, -0.05) is 18.2 Å². The molecule has 108 valence electrons. The number of nitrogens with one attached hydrogen (secondary N) is 1. The highest BCUT2D eigenvalue weighted by atomic mass is 16.2. The molecule has 1 unspecified atom stereocenters. The van der Waals surface area contributed by atoms with Crippen molar-refractivity contribution in [1.29, 1.82) is 5.26 Å². The summed E-state index contributed by atoms with van der Waals surface area (Å²) in [5.74, 6) is 5.05. The van der Waals surface area contributed by atoms with Gasteiger partial charge in [0.05, 0.1) is 23.2 Å².